The highest BCUT2D eigenvalue weighted by molar-refractivity contribution is 5.88. The van der Waals surface area contributed by atoms with Crippen molar-refractivity contribution in [3.05, 3.63) is 71.7 Å². The highest BCUT2D eigenvalue weighted by Crippen LogP contribution is 2.54. The quantitative estimate of drug-likeness (QED) is 0.200. The number of rotatable bonds is 12. The standard InChI is InChI=1S/C34H39FN4O6/c35-25-6-7-27-26(16-25)24(17-36-27)15-28(39-34(44)45-32-22-11-19-10-20(13-22)14-23(32)12-19)33(43)37-18-29(21-4-2-1-3-5-21)38-30(40)8-9-31(41)42/h1-7,16-17,19-20,22-23,28-29,32,36H,8-15,18H2,(H,37,43)(H,38,40)(H,39,44)(H,41,42)/t19?,20?,22?,23?,28?,29-,32?/m0/s1. The molecule has 0 spiro atoms. The van der Waals surface area contributed by atoms with Gasteiger partial charge in [0.05, 0.1) is 12.5 Å². The number of carboxylic acids is 1. The number of amides is 3. The number of fused-ring (bicyclic) bond motifs is 1. The highest BCUT2D eigenvalue weighted by Gasteiger charge is 2.50. The van der Waals surface area contributed by atoms with E-state index in [2.05, 4.69) is 20.9 Å². The number of aromatic nitrogens is 1. The molecule has 4 bridgehead atoms. The van der Waals surface area contributed by atoms with Gasteiger partial charge >= 0.3 is 12.1 Å². The molecule has 11 heteroatoms. The molecule has 3 amide bonds. The van der Waals surface area contributed by atoms with Crippen molar-refractivity contribution < 1.29 is 33.4 Å². The minimum absolute atomic E-state index is 0.00700. The summed E-state index contributed by atoms with van der Waals surface area (Å²) in [6.45, 7) is -0.00700. The lowest BCUT2D eigenvalue weighted by atomic mass is 9.55. The maximum atomic E-state index is 14.1. The van der Waals surface area contributed by atoms with E-state index < -0.39 is 41.8 Å². The van der Waals surface area contributed by atoms with Gasteiger partial charge in [-0.05, 0) is 85.1 Å². The molecule has 45 heavy (non-hydrogen) atoms. The molecule has 4 saturated carbocycles. The number of aliphatic carboxylic acids is 1. The van der Waals surface area contributed by atoms with Crippen molar-refractivity contribution in [3.63, 3.8) is 0 Å². The Bertz CT molecular complexity index is 1530. The van der Waals surface area contributed by atoms with E-state index in [-0.39, 0.29) is 31.9 Å². The van der Waals surface area contributed by atoms with Gasteiger partial charge in [0.15, 0.2) is 0 Å². The second kappa shape index (κ2) is 13.3. The second-order valence-electron chi connectivity index (χ2n) is 12.9. The topological polar surface area (TPSA) is 150 Å². The van der Waals surface area contributed by atoms with E-state index >= 15 is 0 Å². The molecule has 238 valence electrons. The fourth-order valence-corrected chi connectivity index (χ4v) is 7.87. The summed E-state index contributed by atoms with van der Waals surface area (Å²) in [7, 11) is 0. The molecule has 0 radical (unpaired) electrons. The predicted molar refractivity (Wildman–Crippen MR) is 163 cm³/mol. The zero-order chi connectivity index (χ0) is 31.5. The van der Waals surface area contributed by atoms with Crippen LogP contribution in [-0.4, -0.2) is 52.7 Å². The molecule has 4 fully saturated rings. The molecule has 5 N–H and O–H groups in total. The molecule has 0 aliphatic heterocycles. The van der Waals surface area contributed by atoms with E-state index in [1.165, 1.54) is 18.6 Å². The number of hydrogen-bond donors (Lipinski definition) is 5. The average molecular weight is 619 g/mol. The van der Waals surface area contributed by atoms with Gasteiger partial charge in [0, 0.05) is 36.5 Å². The molecule has 1 heterocycles. The molecule has 4 aliphatic carbocycles. The first-order valence-corrected chi connectivity index (χ1v) is 15.8. The summed E-state index contributed by atoms with van der Waals surface area (Å²) in [5.41, 5.74) is 2.08. The molecule has 4 aliphatic rings. The molecular formula is C34H39FN4O6. The van der Waals surface area contributed by atoms with Gasteiger partial charge < -0.3 is 30.8 Å². The van der Waals surface area contributed by atoms with Gasteiger partial charge in [-0.2, -0.15) is 0 Å². The minimum atomic E-state index is -1.08. The highest BCUT2D eigenvalue weighted by atomic mass is 19.1. The fraction of sp³-hybridized carbons (Fsp3) is 0.471. The molecule has 0 saturated heterocycles. The van der Waals surface area contributed by atoms with Gasteiger partial charge in [0.1, 0.15) is 18.0 Å². The number of nitrogens with one attached hydrogen (secondary N) is 4. The molecule has 2 atom stereocenters. The fourth-order valence-electron chi connectivity index (χ4n) is 7.87. The summed E-state index contributed by atoms with van der Waals surface area (Å²) < 4.78 is 20.2. The summed E-state index contributed by atoms with van der Waals surface area (Å²) >= 11 is 0. The van der Waals surface area contributed by atoms with Gasteiger partial charge in [0.2, 0.25) is 11.8 Å². The minimum Gasteiger partial charge on any atom is -0.481 e. The average Bonchev–Trinajstić information content (AvgIpc) is 3.41. The van der Waals surface area contributed by atoms with E-state index in [0.717, 1.165) is 43.1 Å². The van der Waals surface area contributed by atoms with Gasteiger partial charge in [0.25, 0.3) is 0 Å². The van der Waals surface area contributed by atoms with E-state index in [1.54, 1.807) is 36.5 Å². The maximum absolute atomic E-state index is 14.1. The first-order valence-electron chi connectivity index (χ1n) is 15.8. The summed E-state index contributed by atoms with van der Waals surface area (Å²) in [4.78, 5) is 53.6. The van der Waals surface area contributed by atoms with Crippen molar-refractivity contribution in [1.29, 1.82) is 0 Å². The number of carboxylic acid groups (broad SMARTS) is 1. The number of benzene rings is 2. The molecule has 3 aromatic rings. The predicted octanol–water partition coefficient (Wildman–Crippen LogP) is 4.61. The van der Waals surface area contributed by atoms with Crippen LogP contribution in [-0.2, 0) is 25.5 Å². The Labute approximate surface area is 260 Å². The number of H-pyrrole nitrogens is 1. The normalized spacial score (nSPS) is 24.5. The molecular weight excluding hydrogens is 579 g/mol. The van der Waals surface area contributed by atoms with Crippen molar-refractivity contribution in [3.8, 4) is 0 Å². The lowest BCUT2D eigenvalue weighted by Gasteiger charge is -2.53. The third kappa shape index (κ3) is 7.29. The van der Waals surface area contributed by atoms with Crippen LogP contribution in [0.15, 0.2) is 54.7 Å². The van der Waals surface area contributed by atoms with Crippen LogP contribution in [0.25, 0.3) is 10.9 Å². The Kier molecular flexibility index (Phi) is 9.04. The lowest BCUT2D eigenvalue weighted by Crippen LogP contribution is -2.53. The number of halogens is 1. The number of ether oxygens (including phenoxy) is 1. The first kappa shape index (κ1) is 30.6. The van der Waals surface area contributed by atoms with Gasteiger partial charge in [-0.15, -0.1) is 0 Å². The maximum Gasteiger partial charge on any atom is 0.408 e. The Balaban J connectivity index is 1.17. The van der Waals surface area contributed by atoms with Crippen LogP contribution in [0, 0.1) is 29.5 Å². The van der Waals surface area contributed by atoms with Crippen molar-refractivity contribution in [1.82, 2.24) is 20.9 Å². The van der Waals surface area contributed by atoms with Crippen LogP contribution in [0.1, 0.15) is 62.1 Å². The monoisotopic (exact) mass is 618 g/mol. The second-order valence-corrected chi connectivity index (χ2v) is 12.9. The number of hydrogen-bond acceptors (Lipinski definition) is 5. The number of carbonyl (C=O) groups excluding carboxylic acids is 3. The van der Waals surface area contributed by atoms with Crippen molar-refractivity contribution in [2.24, 2.45) is 23.7 Å². The summed E-state index contributed by atoms with van der Waals surface area (Å²) in [5, 5.41) is 18.0. The van der Waals surface area contributed by atoms with Crippen molar-refractivity contribution in [2.45, 2.75) is 69.6 Å². The lowest BCUT2D eigenvalue weighted by molar-refractivity contribution is -0.138. The molecule has 7 rings (SSSR count). The molecule has 10 nitrogen and oxygen atoms in total. The zero-order valence-corrected chi connectivity index (χ0v) is 25.0. The van der Waals surface area contributed by atoms with Gasteiger partial charge in [-0.3, -0.25) is 14.4 Å². The summed E-state index contributed by atoms with van der Waals surface area (Å²) in [6, 6.07) is 11.7. The van der Waals surface area contributed by atoms with Crippen molar-refractivity contribution in [2.75, 3.05) is 6.54 Å². The third-order valence-electron chi connectivity index (χ3n) is 9.73. The Morgan fingerprint density at radius 1 is 0.933 bits per heavy atom. The van der Waals surface area contributed by atoms with Gasteiger partial charge in [-0.25, -0.2) is 9.18 Å². The van der Waals surface area contributed by atoms with E-state index in [1.807, 2.05) is 6.07 Å². The number of carbonyl (C=O) groups is 4. The van der Waals surface area contributed by atoms with Crippen molar-refractivity contribution >= 4 is 34.8 Å². The van der Waals surface area contributed by atoms with E-state index in [9.17, 15) is 23.6 Å². The smallest absolute Gasteiger partial charge is 0.408 e. The van der Waals surface area contributed by atoms with Crippen LogP contribution in [0.3, 0.4) is 0 Å². The van der Waals surface area contributed by atoms with Crippen LogP contribution in [0.5, 0.6) is 0 Å². The summed E-state index contributed by atoms with van der Waals surface area (Å²) in [5.74, 6) is -0.306. The van der Waals surface area contributed by atoms with E-state index in [4.69, 9.17) is 9.84 Å². The third-order valence-corrected chi connectivity index (χ3v) is 9.73. The van der Waals surface area contributed by atoms with Crippen LogP contribution >= 0.6 is 0 Å². The zero-order valence-electron chi connectivity index (χ0n) is 25.0. The number of aromatic amines is 1. The van der Waals surface area contributed by atoms with Crippen LogP contribution < -0.4 is 16.0 Å². The Morgan fingerprint density at radius 2 is 1.64 bits per heavy atom. The number of alkyl carbamates (subject to hydrolysis) is 1. The first-order chi connectivity index (χ1) is 21.7. The molecule has 1 unspecified atom stereocenters. The van der Waals surface area contributed by atoms with Crippen LogP contribution in [0.4, 0.5) is 9.18 Å². The summed E-state index contributed by atoms with van der Waals surface area (Å²) in [6.07, 6.45) is 6.04. The van der Waals surface area contributed by atoms with E-state index in [0.29, 0.717) is 28.3 Å². The van der Waals surface area contributed by atoms with Crippen LogP contribution in [0.2, 0.25) is 0 Å². The molecule has 2 aromatic carbocycles. The Morgan fingerprint density at radius 3 is 2.33 bits per heavy atom. The largest absolute Gasteiger partial charge is 0.481 e. The van der Waals surface area contributed by atoms with Gasteiger partial charge in [-0.1, -0.05) is 30.3 Å². The SMILES string of the molecule is O=C(O)CCC(=O)N[C@@H](CNC(=O)C(Cc1c[nH]c2ccc(F)cc12)NC(=O)OC1C2CC3CC(C2)CC1C3)c1ccccc1. The molecule has 1 aromatic heterocycles. The Hall–Kier alpha value is -4.41.